The fourth-order valence-electron chi connectivity index (χ4n) is 2.24. The molecule has 0 fully saturated rings. The second-order valence-corrected chi connectivity index (χ2v) is 6.97. The molecule has 1 aromatic heterocycles. The Bertz CT molecular complexity index is 849. The van der Waals surface area contributed by atoms with Crippen LogP contribution in [0.25, 0.3) is 11.0 Å². The van der Waals surface area contributed by atoms with Crippen molar-refractivity contribution in [2.75, 3.05) is 25.5 Å². The summed E-state index contributed by atoms with van der Waals surface area (Å²) < 4.78 is 15.5. The maximum absolute atomic E-state index is 12.2. The van der Waals surface area contributed by atoms with Crippen molar-refractivity contribution < 1.29 is 28.3 Å². The third-order valence-corrected chi connectivity index (χ3v) is 3.36. The van der Waals surface area contributed by atoms with Crippen LogP contribution in [0.15, 0.2) is 28.7 Å². The first kappa shape index (κ1) is 20.3. The van der Waals surface area contributed by atoms with Crippen LogP contribution in [0.1, 0.15) is 38.2 Å². The Balaban J connectivity index is 2.02. The Labute approximate surface area is 157 Å². The summed E-state index contributed by atoms with van der Waals surface area (Å²) in [6.07, 6.45) is -0.581. The number of hydrogen-bond acceptors (Lipinski definition) is 6. The lowest BCUT2D eigenvalue weighted by Crippen LogP contribution is -2.38. The normalized spacial score (nSPS) is 11.1. The van der Waals surface area contributed by atoms with Crippen LogP contribution in [0.5, 0.6) is 0 Å². The minimum Gasteiger partial charge on any atom is -0.460 e. The molecule has 0 aliphatic rings. The summed E-state index contributed by atoms with van der Waals surface area (Å²) in [7, 11) is 1.48. The SMILES string of the molecule is CCOC(=O)c1cc2cc(NC(=O)CN(C)C(=O)OC(C)(C)C)ccc2o1. The number of amides is 2. The highest BCUT2D eigenvalue weighted by Crippen LogP contribution is 2.23. The number of furan rings is 1. The first-order chi connectivity index (χ1) is 12.6. The van der Waals surface area contributed by atoms with Crippen molar-refractivity contribution >= 4 is 34.6 Å². The predicted molar refractivity (Wildman–Crippen MR) is 99.7 cm³/mol. The molecular weight excluding hydrogens is 352 g/mol. The van der Waals surface area contributed by atoms with Gasteiger partial charge in [0.2, 0.25) is 11.7 Å². The van der Waals surface area contributed by atoms with E-state index < -0.39 is 17.7 Å². The molecule has 1 aromatic carbocycles. The quantitative estimate of drug-likeness (QED) is 0.803. The van der Waals surface area contributed by atoms with Gasteiger partial charge in [0, 0.05) is 18.1 Å². The van der Waals surface area contributed by atoms with Gasteiger partial charge < -0.3 is 24.1 Å². The van der Waals surface area contributed by atoms with Crippen LogP contribution in [0, 0.1) is 0 Å². The largest absolute Gasteiger partial charge is 0.460 e. The molecule has 27 heavy (non-hydrogen) atoms. The number of ether oxygens (including phenoxy) is 2. The van der Waals surface area contributed by atoms with Crippen LogP contribution in [-0.4, -0.2) is 48.7 Å². The van der Waals surface area contributed by atoms with Crippen molar-refractivity contribution in [2.45, 2.75) is 33.3 Å². The van der Waals surface area contributed by atoms with Crippen molar-refractivity contribution in [1.82, 2.24) is 4.90 Å². The van der Waals surface area contributed by atoms with E-state index >= 15 is 0 Å². The summed E-state index contributed by atoms with van der Waals surface area (Å²) in [5, 5.41) is 3.35. The van der Waals surface area contributed by atoms with Crippen LogP contribution < -0.4 is 5.32 Å². The van der Waals surface area contributed by atoms with E-state index in [2.05, 4.69) is 5.32 Å². The first-order valence-corrected chi connectivity index (χ1v) is 8.53. The Morgan fingerprint density at radius 3 is 2.52 bits per heavy atom. The molecule has 146 valence electrons. The van der Waals surface area contributed by atoms with Gasteiger partial charge in [-0.05, 0) is 52.0 Å². The minimum absolute atomic E-state index is 0.0972. The Morgan fingerprint density at radius 2 is 1.89 bits per heavy atom. The molecule has 0 atom stereocenters. The van der Waals surface area contributed by atoms with Crippen molar-refractivity contribution in [1.29, 1.82) is 0 Å². The van der Waals surface area contributed by atoms with E-state index in [9.17, 15) is 14.4 Å². The average molecular weight is 376 g/mol. The van der Waals surface area contributed by atoms with Gasteiger partial charge in [0.05, 0.1) is 6.61 Å². The molecule has 0 saturated heterocycles. The highest BCUT2D eigenvalue weighted by molar-refractivity contribution is 5.97. The van der Waals surface area contributed by atoms with Gasteiger partial charge in [-0.15, -0.1) is 0 Å². The second-order valence-electron chi connectivity index (χ2n) is 6.97. The van der Waals surface area contributed by atoms with Gasteiger partial charge in [-0.3, -0.25) is 4.79 Å². The topological polar surface area (TPSA) is 98.1 Å². The van der Waals surface area contributed by atoms with Crippen LogP contribution in [-0.2, 0) is 14.3 Å². The summed E-state index contributed by atoms with van der Waals surface area (Å²) in [5.41, 5.74) is 0.383. The summed E-state index contributed by atoms with van der Waals surface area (Å²) in [6.45, 7) is 7.06. The Kier molecular flexibility index (Phi) is 6.09. The highest BCUT2D eigenvalue weighted by atomic mass is 16.6. The van der Waals surface area contributed by atoms with Gasteiger partial charge in [0.25, 0.3) is 0 Å². The molecule has 8 heteroatoms. The molecular formula is C19H24N2O6. The number of rotatable bonds is 5. The van der Waals surface area contributed by atoms with E-state index in [1.165, 1.54) is 11.9 Å². The van der Waals surface area contributed by atoms with Crippen LogP contribution in [0.2, 0.25) is 0 Å². The van der Waals surface area contributed by atoms with Crippen LogP contribution >= 0.6 is 0 Å². The van der Waals surface area contributed by atoms with E-state index in [1.807, 2.05) is 0 Å². The third kappa shape index (κ3) is 5.73. The lowest BCUT2D eigenvalue weighted by molar-refractivity contribution is -0.117. The van der Waals surface area contributed by atoms with Crippen LogP contribution in [0.4, 0.5) is 10.5 Å². The van der Waals surface area contributed by atoms with E-state index in [4.69, 9.17) is 13.9 Å². The first-order valence-electron chi connectivity index (χ1n) is 8.53. The van der Waals surface area contributed by atoms with E-state index in [-0.39, 0.29) is 24.8 Å². The zero-order chi connectivity index (χ0) is 20.2. The maximum atomic E-state index is 12.2. The molecule has 0 saturated carbocycles. The number of carbonyl (C=O) groups excluding carboxylic acids is 3. The fourth-order valence-corrected chi connectivity index (χ4v) is 2.24. The Hall–Kier alpha value is -3.03. The molecule has 0 aliphatic heterocycles. The van der Waals surface area contributed by atoms with Gasteiger partial charge in [0.1, 0.15) is 17.7 Å². The van der Waals surface area contributed by atoms with Crippen molar-refractivity contribution in [3.05, 3.63) is 30.0 Å². The molecule has 0 aliphatic carbocycles. The summed E-state index contributed by atoms with van der Waals surface area (Å²) in [6, 6.07) is 6.51. The van der Waals surface area contributed by atoms with Gasteiger partial charge in [-0.2, -0.15) is 0 Å². The highest BCUT2D eigenvalue weighted by Gasteiger charge is 2.21. The van der Waals surface area contributed by atoms with Gasteiger partial charge >= 0.3 is 12.1 Å². The maximum Gasteiger partial charge on any atom is 0.410 e. The molecule has 1 heterocycles. The third-order valence-electron chi connectivity index (χ3n) is 3.36. The average Bonchev–Trinajstić information content (AvgIpc) is 2.96. The predicted octanol–water partition coefficient (Wildman–Crippen LogP) is 3.41. The lowest BCUT2D eigenvalue weighted by Gasteiger charge is -2.24. The van der Waals surface area contributed by atoms with E-state index in [0.29, 0.717) is 16.7 Å². The number of nitrogens with zero attached hydrogens (tertiary/aromatic N) is 1. The number of anilines is 1. The van der Waals surface area contributed by atoms with Gasteiger partial charge in [0.15, 0.2) is 0 Å². The number of hydrogen-bond donors (Lipinski definition) is 1. The zero-order valence-corrected chi connectivity index (χ0v) is 16.1. The summed E-state index contributed by atoms with van der Waals surface area (Å²) >= 11 is 0. The second kappa shape index (κ2) is 8.11. The molecule has 1 N–H and O–H groups in total. The number of fused-ring (bicyclic) bond motifs is 1. The molecule has 0 spiro atoms. The monoisotopic (exact) mass is 376 g/mol. The fraction of sp³-hybridized carbons (Fsp3) is 0.421. The molecule has 0 bridgehead atoms. The summed E-state index contributed by atoms with van der Waals surface area (Å²) in [5.74, 6) is -0.824. The Morgan fingerprint density at radius 1 is 1.19 bits per heavy atom. The van der Waals surface area contributed by atoms with E-state index in [1.54, 1.807) is 52.0 Å². The van der Waals surface area contributed by atoms with Crippen molar-refractivity contribution in [3.8, 4) is 0 Å². The van der Waals surface area contributed by atoms with Crippen molar-refractivity contribution in [3.63, 3.8) is 0 Å². The molecule has 0 radical (unpaired) electrons. The lowest BCUT2D eigenvalue weighted by atomic mass is 10.2. The molecule has 2 aromatic rings. The van der Waals surface area contributed by atoms with E-state index in [0.717, 1.165) is 0 Å². The number of benzene rings is 1. The van der Waals surface area contributed by atoms with Gasteiger partial charge in [-0.25, -0.2) is 9.59 Å². The molecule has 2 rings (SSSR count). The number of nitrogens with one attached hydrogen (secondary N) is 1. The number of likely N-dealkylation sites (N-methyl/N-ethyl adjacent to an activating group) is 1. The summed E-state index contributed by atoms with van der Waals surface area (Å²) in [4.78, 5) is 37.0. The number of carbonyl (C=O) groups is 3. The standard InChI is InChI=1S/C19H24N2O6/c1-6-25-17(23)15-10-12-9-13(7-8-14(12)26-15)20-16(22)11-21(5)18(24)27-19(2,3)4/h7-10H,6,11H2,1-5H3,(H,20,22). The van der Waals surface area contributed by atoms with Gasteiger partial charge in [-0.1, -0.05) is 0 Å². The van der Waals surface area contributed by atoms with Crippen LogP contribution in [0.3, 0.4) is 0 Å². The molecule has 8 nitrogen and oxygen atoms in total. The molecule has 2 amide bonds. The zero-order valence-electron chi connectivity index (χ0n) is 16.1. The minimum atomic E-state index is -0.634. The smallest absolute Gasteiger partial charge is 0.410 e. The number of esters is 1. The van der Waals surface area contributed by atoms with Crippen molar-refractivity contribution in [2.24, 2.45) is 0 Å². The molecule has 0 unspecified atom stereocenters.